The minimum atomic E-state index is 0.420. The number of aromatic nitrogens is 2. The third kappa shape index (κ3) is 2.62. The van der Waals surface area contributed by atoms with Crippen molar-refractivity contribution in [2.75, 3.05) is 5.73 Å². The number of allylic oxidation sites excluding steroid dienone is 1. The lowest BCUT2D eigenvalue weighted by Gasteiger charge is -2.10. The van der Waals surface area contributed by atoms with Crippen molar-refractivity contribution in [3.05, 3.63) is 48.7 Å². The molecule has 3 nitrogen and oxygen atoms in total. The molecule has 20 heavy (non-hydrogen) atoms. The predicted molar refractivity (Wildman–Crippen MR) is 85.6 cm³/mol. The standard InChI is InChI=1S/C17H23N3/c1-4-12-20-16(18)15(13(5-2)6-3)19-17(20)14-10-8-7-9-11-14/h4,7-11,13H,1,5-6,12,18H2,2-3H3. The summed E-state index contributed by atoms with van der Waals surface area (Å²) in [6.45, 7) is 8.87. The number of nitrogens with zero attached hydrogens (tertiary/aromatic N) is 2. The fourth-order valence-electron chi connectivity index (χ4n) is 2.58. The summed E-state index contributed by atoms with van der Waals surface area (Å²) in [5.41, 5.74) is 8.45. The van der Waals surface area contributed by atoms with Gasteiger partial charge in [-0.1, -0.05) is 50.3 Å². The molecule has 106 valence electrons. The van der Waals surface area contributed by atoms with E-state index in [1.807, 2.05) is 24.3 Å². The summed E-state index contributed by atoms with van der Waals surface area (Å²) in [7, 11) is 0. The Kier molecular flexibility index (Phi) is 4.61. The fraction of sp³-hybridized carbons (Fsp3) is 0.353. The molecule has 0 radical (unpaired) electrons. The van der Waals surface area contributed by atoms with Gasteiger partial charge in [-0.3, -0.25) is 0 Å². The molecule has 0 saturated heterocycles. The molecule has 0 saturated carbocycles. The molecule has 0 atom stereocenters. The molecule has 2 aromatic rings. The number of hydrogen-bond acceptors (Lipinski definition) is 2. The first-order chi connectivity index (χ1) is 9.72. The van der Waals surface area contributed by atoms with Crippen molar-refractivity contribution >= 4 is 5.82 Å². The molecular weight excluding hydrogens is 246 g/mol. The van der Waals surface area contributed by atoms with Gasteiger partial charge in [0.25, 0.3) is 0 Å². The minimum Gasteiger partial charge on any atom is -0.384 e. The molecule has 0 bridgehead atoms. The summed E-state index contributed by atoms with van der Waals surface area (Å²) >= 11 is 0. The lowest BCUT2D eigenvalue weighted by Crippen LogP contribution is -2.05. The highest BCUT2D eigenvalue weighted by molar-refractivity contribution is 5.61. The molecule has 0 aliphatic heterocycles. The topological polar surface area (TPSA) is 43.8 Å². The molecule has 3 heteroatoms. The zero-order valence-electron chi connectivity index (χ0n) is 12.3. The normalized spacial score (nSPS) is 10.9. The maximum atomic E-state index is 6.33. The molecule has 2 N–H and O–H groups in total. The van der Waals surface area contributed by atoms with Gasteiger partial charge in [0.1, 0.15) is 11.6 Å². The Bertz CT molecular complexity index is 565. The number of benzene rings is 1. The summed E-state index contributed by atoms with van der Waals surface area (Å²) < 4.78 is 2.05. The van der Waals surface area contributed by atoms with E-state index in [4.69, 9.17) is 10.7 Å². The van der Waals surface area contributed by atoms with Crippen LogP contribution >= 0.6 is 0 Å². The summed E-state index contributed by atoms with van der Waals surface area (Å²) in [5.74, 6) is 2.13. The predicted octanol–water partition coefficient (Wildman–Crippen LogP) is 4.22. The Morgan fingerprint density at radius 2 is 1.90 bits per heavy atom. The second-order valence-electron chi connectivity index (χ2n) is 4.98. The maximum Gasteiger partial charge on any atom is 0.142 e. The Morgan fingerprint density at radius 1 is 1.25 bits per heavy atom. The van der Waals surface area contributed by atoms with Crippen LogP contribution in [-0.4, -0.2) is 9.55 Å². The summed E-state index contributed by atoms with van der Waals surface area (Å²) in [4.78, 5) is 4.83. The van der Waals surface area contributed by atoms with E-state index >= 15 is 0 Å². The lowest BCUT2D eigenvalue weighted by molar-refractivity contribution is 0.628. The van der Waals surface area contributed by atoms with Crippen molar-refractivity contribution in [3.63, 3.8) is 0 Å². The van der Waals surface area contributed by atoms with Crippen molar-refractivity contribution in [3.8, 4) is 11.4 Å². The van der Waals surface area contributed by atoms with E-state index in [2.05, 4.69) is 37.1 Å². The van der Waals surface area contributed by atoms with Crippen molar-refractivity contribution in [1.82, 2.24) is 9.55 Å². The third-order valence-electron chi connectivity index (χ3n) is 3.75. The number of anilines is 1. The first-order valence-electron chi connectivity index (χ1n) is 7.25. The van der Waals surface area contributed by atoms with Crippen molar-refractivity contribution in [2.24, 2.45) is 0 Å². The van der Waals surface area contributed by atoms with Crippen molar-refractivity contribution in [2.45, 2.75) is 39.2 Å². The van der Waals surface area contributed by atoms with Crippen LogP contribution in [0, 0.1) is 0 Å². The maximum absolute atomic E-state index is 6.33. The number of imidazole rings is 1. The first-order valence-corrected chi connectivity index (χ1v) is 7.25. The Hall–Kier alpha value is -2.03. The van der Waals surface area contributed by atoms with Crippen LogP contribution in [0.3, 0.4) is 0 Å². The SMILES string of the molecule is C=CCn1c(-c2ccccc2)nc(C(CC)CC)c1N. The van der Waals surface area contributed by atoms with Gasteiger partial charge in [0.2, 0.25) is 0 Å². The van der Waals surface area contributed by atoms with Gasteiger partial charge < -0.3 is 10.3 Å². The molecule has 1 aromatic carbocycles. The quantitative estimate of drug-likeness (QED) is 0.798. The number of hydrogen-bond donors (Lipinski definition) is 1. The number of nitrogens with two attached hydrogens (primary N) is 1. The van der Waals surface area contributed by atoms with Gasteiger partial charge in [0, 0.05) is 18.0 Å². The van der Waals surface area contributed by atoms with E-state index in [9.17, 15) is 0 Å². The molecule has 1 aromatic heterocycles. The monoisotopic (exact) mass is 269 g/mol. The van der Waals surface area contributed by atoms with Crippen LogP contribution in [0.4, 0.5) is 5.82 Å². The van der Waals surface area contributed by atoms with Crippen molar-refractivity contribution in [1.29, 1.82) is 0 Å². The van der Waals surface area contributed by atoms with E-state index in [-0.39, 0.29) is 0 Å². The Labute approximate surface area is 121 Å². The molecule has 0 aliphatic carbocycles. The molecule has 1 heterocycles. The highest BCUT2D eigenvalue weighted by atomic mass is 15.1. The van der Waals surface area contributed by atoms with E-state index in [1.54, 1.807) is 0 Å². The molecule has 0 unspecified atom stereocenters. The average molecular weight is 269 g/mol. The third-order valence-corrected chi connectivity index (χ3v) is 3.75. The molecule has 0 amide bonds. The average Bonchev–Trinajstić information content (AvgIpc) is 2.80. The van der Waals surface area contributed by atoms with Crippen LogP contribution in [-0.2, 0) is 6.54 Å². The van der Waals surface area contributed by atoms with Crippen LogP contribution in [0.25, 0.3) is 11.4 Å². The summed E-state index contributed by atoms with van der Waals surface area (Å²) in [5, 5.41) is 0. The molecule has 0 aliphatic rings. The van der Waals surface area contributed by atoms with Crippen LogP contribution in [0.5, 0.6) is 0 Å². The fourth-order valence-corrected chi connectivity index (χ4v) is 2.58. The Balaban J connectivity index is 2.56. The summed E-state index contributed by atoms with van der Waals surface area (Å²) in [6, 6.07) is 10.2. The van der Waals surface area contributed by atoms with Gasteiger partial charge in [0.05, 0.1) is 5.69 Å². The van der Waals surface area contributed by atoms with E-state index in [0.717, 1.165) is 35.7 Å². The van der Waals surface area contributed by atoms with Gasteiger partial charge in [-0.25, -0.2) is 4.98 Å². The van der Waals surface area contributed by atoms with Gasteiger partial charge in [-0.2, -0.15) is 0 Å². The number of nitrogen functional groups attached to an aromatic ring is 1. The van der Waals surface area contributed by atoms with Crippen LogP contribution in [0.15, 0.2) is 43.0 Å². The van der Waals surface area contributed by atoms with Gasteiger partial charge in [-0.05, 0) is 12.8 Å². The second-order valence-corrected chi connectivity index (χ2v) is 4.98. The first kappa shape index (κ1) is 14.4. The smallest absolute Gasteiger partial charge is 0.142 e. The van der Waals surface area contributed by atoms with Gasteiger partial charge in [0.15, 0.2) is 0 Å². The van der Waals surface area contributed by atoms with Crippen LogP contribution in [0.1, 0.15) is 38.3 Å². The van der Waals surface area contributed by atoms with E-state index in [1.165, 1.54) is 0 Å². The van der Waals surface area contributed by atoms with Crippen LogP contribution < -0.4 is 5.73 Å². The van der Waals surface area contributed by atoms with Crippen molar-refractivity contribution < 1.29 is 0 Å². The largest absolute Gasteiger partial charge is 0.384 e. The minimum absolute atomic E-state index is 0.420. The highest BCUT2D eigenvalue weighted by Crippen LogP contribution is 2.32. The van der Waals surface area contributed by atoms with Crippen LogP contribution in [0.2, 0.25) is 0 Å². The molecule has 2 rings (SSSR count). The van der Waals surface area contributed by atoms with Gasteiger partial charge in [-0.15, -0.1) is 6.58 Å². The second kappa shape index (κ2) is 6.42. The molecule has 0 fully saturated rings. The van der Waals surface area contributed by atoms with Gasteiger partial charge >= 0.3 is 0 Å². The Morgan fingerprint density at radius 3 is 2.45 bits per heavy atom. The molecular formula is C17H23N3. The highest BCUT2D eigenvalue weighted by Gasteiger charge is 2.20. The molecule has 0 spiro atoms. The zero-order valence-corrected chi connectivity index (χ0v) is 12.3. The van der Waals surface area contributed by atoms with E-state index < -0.39 is 0 Å². The number of rotatable bonds is 6. The zero-order chi connectivity index (χ0) is 14.5. The summed E-state index contributed by atoms with van der Waals surface area (Å²) in [6.07, 6.45) is 3.97. The lowest BCUT2D eigenvalue weighted by atomic mass is 9.99. The van der Waals surface area contributed by atoms with E-state index in [0.29, 0.717) is 12.5 Å².